The van der Waals surface area contributed by atoms with Crippen LogP contribution in [0.3, 0.4) is 0 Å². The fourth-order valence-corrected chi connectivity index (χ4v) is 3.71. The van der Waals surface area contributed by atoms with Gasteiger partial charge in [0.15, 0.2) is 5.65 Å². The van der Waals surface area contributed by atoms with Gasteiger partial charge in [-0.15, -0.1) is 0 Å². The molecule has 1 aliphatic rings. The molecule has 3 rings (SSSR count). The third-order valence-corrected chi connectivity index (χ3v) is 4.86. The number of nitrogen functional groups attached to an aromatic ring is 1. The minimum Gasteiger partial charge on any atom is -0.383 e. The predicted octanol–water partition coefficient (Wildman–Crippen LogP) is 2.16. The molecule has 2 aromatic rings. The maximum absolute atomic E-state index is 5.95. The first kappa shape index (κ1) is 15.9. The number of hydrogen-bond donors (Lipinski definition) is 1. The molecule has 0 spiro atoms. The summed E-state index contributed by atoms with van der Waals surface area (Å²) < 4.78 is 13.7. The summed E-state index contributed by atoms with van der Waals surface area (Å²) >= 11 is 2.20. The fraction of sp³-hybridized carbons (Fsp3) is 0.643. The minimum absolute atomic E-state index is 0.326. The number of anilines is 1. The molecule has 0 bridgehead atoms. The van der Waals surface area contributed by atoms with Crippen LogP contribution in [-0.2, 0) is 9.47 Å². The molecule has 0 aromatic carbocycles. The van der Waals surface area contributed by atoms with E-state index in [1.54, 1.807) is 7.11 Å². The molecule has 0 radical (unpaired) electrons. The summed E-state index contributed by atoms with van der Waals surface area (Å²) in [5.74, 6) is 0.497. The van der Waals surface area contributed by atoms with Crippen molar-refractivity contribution in [2.45, 2.75) is 37.8 Å². The van der Waals surface area contributed by atoms with Crippen LogP contribution in [-0.4, -0.2) is 46.2 Å². The van der Waals surface area contributed by atoms with Crippen LogP contribution in [0.5, 0.6) is 0 Å². The average molecular weight is 417 g/mol. The Hall–Kier alpha value is -1.00. The monoisotopic (exact) mass is 417 g/mol. The predicted molar refractivity (Wildman–Crippen MR) is 91.6 cm³/mol. The van der Waals surface area contributed by atoms with Crippen LogP contribution >= 0.6 is 22.6 Å². The van der Waals surface area contributed by atoms with Gasteiger partial charge < -0.3 is 15.2 Å². The van der Waals surface area contributed by atoms with Crippen LogP contribution in [0.4, 0.5) is 5.82 Å². The summed E-state index contributed by atoms with van der Waals surface area (Å²) in [6.45, 7) is 1.32. The molecule has 0 atom stereocenters. The topological polar surface area (TPSA) is 88.1 Å². The lowest BCUT2D eigenvalue weighted by Gasteiger charge is -2.28. The molecule has 120 valence electrons. The number of fused-ring (bicyclic) bond motifs is 1. The van der Waals surface area contributed by atoms with E-state index in [9.17, 15) is 0 Å². The van der Waals surface area contributed by atoms with Gasteiger partial charge >= 0.3 is 0 Å². The maximum atomic E-state index is 5.95. The first-order valence-corrected chi connectivity index (χ1v) is 8.53. The number of ether oxygens (including phenoxy) is 2. The number of hydrogen-bond acceptors (Lipinski definition) is 6. The van der Waals surface area contributed by atoms with Gasteiger partial charge in [-0.2, -0.15) is 5.10 Å². The van der Waals surface area contributed by atoms with Gasteiger partial charge in [0, 0.05) is 7.11 Å². The van der Waals surface area contributed by atoms with Crippen molar-refractivity contribution >= 4 is 39.4 Å². The third kappa shape index (κ3) is 3.18. The Kier molecular flexibility index (Phi) is 5.09. The van der Waals surface area contributed by atoms with Crippen LogP contribution < -0.4 is 5.73 Å². The Morgan fingerprint density at radius 3 is 2.77 bits per heavy atom. The molecule has 0 aliphatic heterocycles. The number of methoxy groups -OCH3 is 1. The van der Waals surface area contributed by atoms with Gasteiger partial charge in [-0.1, -0.05) is 0 Å². The van der Waals surface area contributed by atoms with Crippen LogP contribution in [0.2, 0.25) is 0 Å². The van der Waals surface area contributed by atoms with Crippen molar-refractivity contribution in [2.75, 3.05) is 26.1 Å². The number of rotatable bonds is 5. The van der Waals surface area contributed by atoms with Gasteiger partial charge in [-0.3, -0.25) is 0 Å². The van der Waals surface area contributed by atoms with Crippen molar-refractivity contribution in [2.24, 2.45) is 0 Å². The SMILES string of the molecule is COCCO[C@H]1CC[C@@H](n2nc(I)c3c(N)ncnc32)CC1. The Balaban J connectivity index is 1.70. The molecule has 7 nitrogen and oxygen atoms in total. The highest BCUT2D eigenvalue weighted by Gasteiger charge is 2.26. The molecule has 1 saturated carbocycles. The van der Waals surface area contributed by atoms with Crippen molar-refractivity contribution in [1.29, 1.82) is 0 Å². The molecule has 1 fully saturated rings. The van der Waals surface area contributed by atoms with Crippen molar-refractivity contribution in [3.05, 3.63) is 10.0 Å². The molecule has 22 heavy (non-hydrogen) atoms. The second-order valence-corrected chi connectivity index (χ2v) is 6.51. The van der Waals surface area contributed by atoms with E-state index < -0.39 is 0 Å². The van der Waals surface area contributed by atoms with Gasteiger partial charge in [0.25, 0.3) is 0 Å². The van der Waals surface area contributed by atoms with Gasteiger partial charge in [-0.05, 0) is 48.3 Å². The molecular weight excluding hydrogens is 397 g/mol. The quantitative estimate of drug-likeness (QED) is 0.593. The molecule has 0 unspecified atom stereocenters. The van der Waals surface area contributed by atoms with E-state index in [4.69, 9.17) is 15.2 Å². The van der Waals surface area contributed by atoms with E-state index in [-0.39, 0.29) is 0 Å². The van der Waals surface area contributed by atoms with E-state index >= 15 is 0 Å². The molecule has 2 N–H and O–H groups in total. The number of nitrogens with zero attached hydrogens (tertiary/aromatic N) is 4. The molecule has 2 heterocycles. The van der Waals surface area contributed by atoms with Crippen molar-refractivity contribution in [1.82, 2.24) is 19.7 Å². The second kappa shape index (κ2) is 7.05. The van der Waals surface area contributed by atoms with Gasteiger partial charge in [0.1, 0.15) is 15.8 Å². The lowest BCUT2D eigenvalue weighted by Crippen LogP contribution is -2.25. The van der Waals surface area contributed by atoms with Gasteiger partial charge in [0.2, 0.25) is 0 Å². The Labute approximate surface area is 142 Å². The zero-order chi connectivity index (χ0) is 15.5. The first-order chi connectivity index (χ1) is 10.7. The highest BCUT2D eigenvalue weighted by atomic mass is 127. The third-order valence-electron chi connectivity index (χ3n) is 4.11. The van der Waals surface area contributed by atoms with E-state index in [1.807, 2.05) is 4.68 Å². The van der Waals surface area contributed by atoms with E-state index in [1.165, 1.54) is 6.33 Å². The zero-order valence-corrected chi connectivity index (χ0v) is 14.7. The highest BCUT2D eigenvalue weighted by molar-refractivity contribution is 14.1. The maximum Gasteiger partial charge on any atom is 0.164 e. The molecule has 1 aliphatic carbocycles. The zero-order valence-electron chi connectivity index (χ0n) is 12.5. The molecular formula is C14H20IN5O2. The standard InChI is InChI=1S/C14H20IN5O2/c1-21-6-7-22-10-4-2-9(3-5-10)20-14-11(12(15)19-20)13(16)17-8-18-14/h8-10H,2-7H2,1H3,(H2,16,17,18)/t9-,10+. The molecule has 0 saturated heterocycles. The fourth-order valence-electron chi connectivity index (χ4n) is 2.96. The summed E-state index contributed by atoms with van der Waals surface area (Å²) in [7, 11) is 1.69. The van der Waals surface area contributed by atoms with Gasteiger partial charge in [-0.25, -0.2) is 14.6 Å². The Morgan fingerprint density at radius 1 is 1.27 bits per heavy atom. The van der Waals surface area contributed by atoms with Crippen LogP contribution in [0.1, 0.15) is 31.7 Å². The summed E-state index contributed by atoms with van der Waals surface area (Å²) in [4.78, 5) is 8.43. The lowest BCUT2D eigenvalue weighted by molar-refractivity contribution is -0.00695. The van der Waals surface area contributed by atoms with E-state index in [2.05, 4.69) is 37.7 Å². The lowest BCUT2D eigenvalue weighted by atomic mass is 9.93. The van der Waals surface area contributed by atoms with Crippen LogP contribution in [0.25, 0.3) is 11.0 Å². The summed E-state index contributed by atoms with van der Waals surface area (Å²) in [6, 6.07) is 0.350. The Morgan fingerprint density at radius 2 is 2.05 bits per heavy atom. The van der Waals surface area contributed by atoms with E-state index in [0.717, 1.165) is 40.4 Å². The highest BCUT2D eigenvalue weighted by Crippen LogP contribution is 2.33. The first-order valence-electron chi connectivity index (χ1n) is 7.45. The van der Waals surface area contributed by atoms with Crippen molar-refractivity contribution in [3.63, 3.8) is 0 Å². The summed E-state index contributed by atoms with van der Waals surface area (Å²) in [6.07, 6.45) is 5.97. The minimum atomic E-state index is 0.326. The van der Waals surface area contributed by atoms with Crippen molar-refractivity contribution < 1.29 is 9.47 Å². The van der Waals surface area contributed by atoms with Crippen LogP contribution in [0.15, 0.2) is 6.33 Å². The van der Waals surface area contributed by atoms with Crippen molar-refractivity contribution in [3.8, 4) is 0 Å². The Bertz CT molecular complexity index is 639. The molecule has 8 heteroatoms. The normalized spacial score (nSPS) is 22.3. The summed E-state index contributed by atoms with van der Waals surface area (Å²) in [5, 5.41) is 5.50. The molecule has 2 aromatic heterocycles. The average Bonchev–Trinajstić information content (AvgIpc) is 2.87. The van der Waals surface area contributed by atoms with Crippen LogP contribution in [0, 0.1) is 3.70 Å². The summed E-state index contributed by atoms with van der Waals surface area (Å²) in [5.41, 5.74) is 6.78. The number of aromatic nitrogens is 4. The molecule has 0 amide bonds. The van der Waals surface area contributed by atoms with Gasteiger partial charge in [0.05, 0.1) is 30.7 Å². The smallest absolute Gasteiger partial charge is 0.164 e. The number of halogens is 1. The second-order valence-electron chi connectivity index (χ2n) is 5.49. The largest absolute Gasteiger partial charge is 0.383 e. The van der Waals surface area contributed by atoms with E-state index in [0.29, 0.717) is 31.2 Å². The number of nitrogens with two attached hydrogens (primary N) is 1.